The molecule has 1 amide bonds. The Morgan fingerprint density at radius 1 is 1.50 bits per heavy atom. The lowest BCUT2D eigenvalue weighted by molar-refractivity contribution is -0.137. The van der Waals surface area contributed by atoms with Gasteiger partial charge in [0.05, 0.1) is 0 Å². The van der Waals surface area contributed by atoms with E-state index < -0.39 is 5.60 Å². The van der Waals surface area contributed by atoms with E-state index in [0.29, 0.717) is 0 Å². The average Bonchev–Trinajstić information content (AvgIpc) is 2.73. The quantitative estimate of drug-likeness (QED) is 0.660. The van der Waals surface area contributed by atoms with Gasteiger partial charge in [-0.05, 0) is 19.3 Å². The standard InChI is InChI=1S/C9H15NO2/c1-10-7(11)9(12-2)6-8(9)4-3-5-8/h3-6H2,1-2H3,(H,10,11). The first-order valence-corrected chi connectivity index (χ1v) is 4.48. The maximum atomic E-state index is 11.5. The summed E-state index contributed by atoms with van der Waals surface area (Å²) in [5.74, 6) is 0.0599. The second kappa shape index (κ2) is 2.22. The highest BCUT2D eigenvalue weighted by Crippen LogP contribution is 2.69. The fourth-order valence-electron chi connectivity index (χ4n) is 2.52. The number of hydrogen-bond acceptors (Lipinski definition) is 2. The SMILES string of the molecule is CNC(=O)C1(OC)CC12CCC2. The molecule has 1 N–H and O–H groups in total. The summed E-state index contributed by atoms with van der Waals surface area (Å²) < 4.78 is 5.35. The molecular formula is C9H15NO2. The van der Waals surface area contributed by atoms with Crippen molar-refractivity contribution in [3.8, 4) is 0 Å². The first-order valence-electron chi connectivity index (χ1n) is 4.48. The molecule has 68 valence electrons. The van der Waals surface area contributed by atoms with Crippen LogP contribution in [0.2, 0.25) is 0 Å². The molecule has 0 aliphatic heterocycles. The first kappa shape index (κ1) is 8.05. The molecular weight excluding hydrogens is 154 g/mol. The van der Waals surface area contributed by atoms with E-state index >= 15 is 0 Å². The zero-order valence-corrected chi connectivity index (χ0v) is 7.64. The summed E-state index contributed by atoms with van der Waals surface area (Å²) >= 11 is 0. The summed E-state index contributed by atoms with van der Waals surface area (Å²) in [5, 5.41) is 2.68. The second-order valence-electron chi connectivity index (χ2n) is 3.92. The number of carbonyl (C=O) groups excluding carboxylic acids is 1. The maximum absolute atomic E-state index is 11.5. The normalized spacial score (nSPS) is 35.8. The van der Waals surface area contributed by atoms with Crippen molar-refractivity contribution in [1.29, 1.82) is 0 Å². The van der Waals surface area contributed by atoms with Crippen molar-refractivity contribution in [3.05, 3.63) is 0 Å². The summed E-state index contributed by atoms with van der Waals surface area (Å²) in [6.07, 6.45) is 4.50. The van der Waals surface area contributed by atoms with Crippen LogP contribution in [0.1, 0.15) is 25.7 Å². The third kappa shape index (κ3) is 0.678. The summed E-state index contributed by atoms with van der Waals surface area (Å²) in [7, 11) is 3.32. The van der Waals surface area contributed by atoms with Gasteiger partial charge in [0, 0.05) is 19.6 Å². The van der Waals surface area contributed by atoms with Crippen LogP contribution in [0.3, 0.4) is 0 Å². The fraction of sp³-hybridized carbons (Fsp3) is 0.889. The molecule has 0 heterocycles. The highest BCUT2D eigenvalue weighted by atomic mass is 16.5. The summed E-state index contributed by atoms with van der Waals surface area (Å²) in [6, 6.07) is 0. The van der Waals surface area contributed by atoms with E-state index in [1.165, 1.54) is 6.42 Å². The smallest absolute Gasteiger partial charge is 0.252 e. The molecule has 2 saturated carbocycles. The van der Waals surface area contributed by atoms with Crippen molar-refractivity contribution in [2.75, 3.05) is 14.2 Å². The zero-order valence-electron chi connectivity index (χ0n) is 7.64. The highest BCUT2D eigenvalue weighted by molar-refractivity contribution is 5.90. The third-order valence-corrected chi connectivity index (χ3v) is 3.57. The Hall–Kier alpha value is -0.570. The number of ether oxygens (including phenoxy) is 1. The molecule has 3 heteroatoms. The van der Waals surface area contributed by atoms with Crippen LogP contribution in [0.4, 0.5) is 0 Å². The van der Waals surface area contributed by atoms with Crippen LogP contribution in [0.15, 0.2) is 0 Å². The molecule has 3 nitrogen and oxygen atoms in total. The Kier molecular flexibility index (Phi) is 1.49. The van der Waals surface area contributed by atoms with E-state index in [1.54, 1.807) is 14.2 Å². The van der Waals surface area contributed by atoms with Gasteiger partial charge in [-0.25, -0.2) is 0 Å². The number of rotatable bonds is 2. The third-order valence-electron chi connectivity index (χ3n) is 3.57. The van der Waals surface area contributed by atoms with E-state index in [-0.39, 0.29) is 11.3 Å². The minimum absolute atomic E-state index is 0.0599. The Morgan fingerprint density at radius 2 is 2.17 bits per heavy atom. The van der Waals surface area contributed by atoms with Gasteiger partial charge in [0.1, 0.15) is 0 Å². The number of likely N-dealkylation sites (N-methyl/N-ethyl adjacent to an activating group) is 1. The predicted octanol–water partition coefficient (Wildman–Crippen LogP) is 0.692. The molecule has 0 aromatic heterocycles. The molecule has 1 atom stereocenters. The van der Waals surface area contributed by atoms with Gasteiger partial charge in [0.15, 0.2) is 5.60 Å². The van der Waals surface area contributed by atoms with Crippen molar-refractivity contribution in [3.63, 3.8) is 0 Å². The minimum atomic E-state index is -0.458. The van der Waals surface area contributed by atoms with Crippen LogP contribution >= 0.6 is 0 Å². The lowest BCUT2D eigenvalue weighted by Crippen LogP contribution is -2.42. The van der Waals surface area contributed by atoms with E-state index in [9.17, 15) is 4.79 Å². The number of hydrogen-bond donors (Lipinski definition) is 1. The molecule has 2 aliphatic carbocycles. The first-order chi connectivity index (χ1) is 5.71. The topological polar surface area (TPSA) is 38.3 Å². The van der Waals surface area contributed by atoms with Crippen LogP contribution in [0.5, 0.6) is 0 Å². The van der Waals surface area contributed by atoms with Gasteiger partial charge in [0.25, 0.3) is 5.91 Å². The molecule has 2 fully saturated rings. The van der Waals surface area contributed by atoms with Crippen molar-refractivity contribution in [2.24, 2.45) is 5.41 Å². The van der Waals surface area contributed by atoms with Gasteiger partial charge < -0.3 is 10.1 Å². The van der Waals surface area contributed by atoms with Crippen molar-refractivity contribution >= 4 is 5.91 Å². The van der Waals surface area contributed by atoms with Crippen LogP contribution < -0.4 is 5.32 Å². The van der Waals surface area contributed by atoms with E-state index in [2.05, 4.69) is 5.32 Å². The van der Waals surface area contributed by atoms with E-state index in [4.69, 9.17) is 4.74 Å². The molecule has 1 spiro atoms. The Labute approximate surface area is 72.5 Å². The summed E-state index contributed by atoms with van der Waals surface area (Å²) in [6.45, 7) is 0. The van der Waals surface area contributed by atoms with Gasteiger partial charge in [0.2, 0.25) is 0 Å². The molecule has 0 bridgehead atoms. The Bertz CT molecular complexity index is 223. The van der Waals surface area contributed by atoms with Crippen molar-refractivity contribution in [2.45, 2.75) is 31.3 Å². The summed E-state index contributed by atoms with van der Waals surface area (Å²) in [5.41, 5.74) is -0.234. The monoisotopic (exact) mass is 169 g/mol. The van der Waals surface area contributed by atoms with Crippen LogP contribution in [0.25, 0.3) is 0 Å². The summed E-state index contributed by atoms with van der Waals surface area (Å²) in [4.78, 5) is 11.5. The lowest BCUT2D eigenvalue weighted by Gasteiger charge is -2.30. The molecule has 2 rings (SSSR count). The number of carbonyl (C=O) groups is 1. The van der Waals surface area contributed by atoms with E-state index in [0.717, 1.165) is 19.3 Å². The fourth-order valence-corrected chi connectivity index (χ4v) is 2.52. The highest BCUT2D eigenvalue weighted by Gasteiger charge is 2.74. The van der Waals surface area contributed by atoms with Crippen LogP contribution in [-0.2, 0) is 9.53 Å². The maximum Gasteiger partial charge on any atom is 0.252 e. The van der Waals surface area contributed by atoms with Crippen LogP contribution in [-0.4, -0.2) is 25.7 Å². The predicted molar refractivity (Wildman–Crippen MR) is 44.7 cm³/mol. The van der Waals surface area contributed by atoms with Crippen molar-refractivity contribution in [1.82, 2.24) is 5.32 Å². The molecule has 0 saturated heterocycles. The molecule has 0 aromatic rings. The molecule has 1 unspecified atom stereocenters. The van der Waals surface area contributed by atoms with Gasteiger partial charge in [-0.2, -0.15) is 0 Å². The van der Waals surface area contributed by atoms with Gasteiger partial charge in [-0.15, -0.1) is 0 Å². The largest absolute Gasteiger partial charge is 0.368 e. The minimum Gasteiger partial charge on any atom is -0.368 e. The van der Waals surface area contributed by atoms with E-state index in [1.807, 2.05) is 0 Å². The van der Waals surface area contributed by atoms with Crippen LogP contribution in [0, 0.1) is 5.41 Å². The zero-order chi connectivity index (χ0) is 8.82. The lowest BCUT2D eigenvalue weighted by atomic mass is 9.78. The van der Waals surface area contributed by atoms with Crippen molar-refractivity contribution < 1.29 is 9.53 Å². The number of nitrogens with one attached hydrogen (secondary N) is 1. The van der Waals surface area contributed by atoms with Gasteiger partial charge in [-0.1, -0.05) is 6.42 Å². The average molecular weight is 169 g/mol. The molecule has 0 aromatic carbocycles. The number of methoxy groups -OCH3 is 1. The molecule has 0 radical (unpaired) electrons. The Morgan fingerprint density at radius 3 is 2.42 bits per heavy atom. The Balaban J connectivity index is 2.14. The second-order valence-corrected chi connectivity index (χ2v) is 3.92. The van der Waals surface area contributed by atoms with Gasteiger partial charge in [-0.3, -0.25) is 4.79 Å². The molecule has 2 aliphatic rings. The van der Waals surface area contributed by atoms with Gasteiger partial charge >= 0.3 is 0 Å². The number of amides is 1. The molecule has 12 heavy (non-hydrogen) atoms.